The third-order valence-corrected chi connectivity index (χ3v) is 8.89. The molecule has 0 radical (unpaired) electrons. The van der Waals surface area contributed by atoms with Crippen molar-refractivity contribution in [3.8, 4) is 0 Å². The van der Waals surface area contributed by atoms with Crippen molar-refractivity contribution in [2.24, 2.45) is 35.0 Å². The van der Waals surface area contributed by atoms with Crippen LogP contribution in [0.25, 0.3) is 0 Å². The molecule has 29 heavy (non-hydrogen) atoms. The minimum absolute atomic E-state index is 0.102. The topological polar surface area (TPSA) is 55.1 Å². The van der Waals surface area contributed by atoms with Crippen molar-refractivity contribution >= 4 is 5.78 Å². The van der Waals surface area contributed by atoms with Gasteiger partial charge in [-0.3, -0.25) is 4.79 Å². The summed E-state index contributed by atoms with van der Waals surface area (Å²) in [5, 5.41) is 10.3. The van der Waals surface area contributed by atoms with Crippen LogP contribution in [0.4, 0.5) is 0 Å². The SMILES string of the molecule is C[C@H]1CC[C@@H]2[C@@H](CCC[C@@H](O)C1)CC[C@]1(C)[C@@H](C(=O)Cn3ccnc3)CCC[C@@H]21. The monoisotopic (exact) mass is 400 g/mol. The molecule has 0 aromatic carbocycles. The van der Waals surface area contributed by atoms with Gasteiger partial charge in [-0.25, -0.2) is 4.98 Å². The molecular weight excluding hydrogens is 360 g/mol. The Morgan fingerprint density at radius 1 is 1.14 bits per heavy atom. The molecule has 7 atom stereocenters. The summed E-state index contributed by atoms with van der Waals surface area (Å²) in [7, 11) is 0. The molecule has 1 aromatic rings. The molecule has 4 nitrogen and oxygen atoms in total. The first kappa shape index (κ1) is 21.1. The molecule has 1 aromatic heterocycles. The van der Waals surface area contributed by atoms with Crippen LogP contribution >= 0.6 is 0 Å². The number of Topliss-reactive ketones (excluding diaryl/α,β-unsaturated/α-hetero) is 1. The van der Waals surface area contributed by atoms with Crippen LogP contribution in [0.5, 0.6) is 0 Å². The highest BCUT2D eigenvalue weighted by molar-refractivity contribution is 5.81. The number of hydrogen-bond donors (Lipinski definition) is 1. The number of imidazole rings is 1. The summed E-state index contributed by atoms with van der Waals surface area (Å²) >= 11 is 0. The molecule has 0 amide bonds. The van der Waals surface area contributed by atoms with E-state index >= 15 is 0 Å². The van der Waals surface area contributed by atoms with Crippen molar-refractivity contribution in [3.05, 3.63) is 18.7 Å². The Bertz CT molecular complexity index is 672. The number of carbonyl (C=O) groups is 1. The lowest BCUT2D eigenvalue weighted by Gasteiger charge is -2.56. The van der Waals surface area contributed by atoms with E-state index in [-0.39, 0.29) is 17.4 Å². The zero-order valence-corrected chi connectivity index (χ0v) is 18.4. The van der Waals surface area contributed by atoms with E-state index in [4.69, 9.17) is 0 Å². The number of aromatic nitrogens is 2. The first-order valence-corrected chi connectivity index (χ1v) is 12.1. The van der Waals surface area contributed by atoms with Crippen LogP contribution in [-0.4, -0.2) is 26.5 Å². The maximum Gasteiger partial charge on any atom is 0.156 e. The molecule has 0 unspecified atom stereocenters. The average molecular weight is 401 g/mol. The summed E-state index contributed by atoms with van der Waals surface area (Å²) in [6, 6.07) is 0. The van der Waals surface area contributed by atoms with Gasteiger partial charge < -0.3 is 9.67 Å². The smallest absolute Gasteiger partial charge is 0.156 e. The van der Waals surface area contributed by atoms with Gasteiger partial charge in [-0.15, -0.1) is 0 Å². The molecule has 3 aliphatic rings. The fraction of sp³-hybridized carbons (Fsp3) is 0.840. The van der Waals surface area contributed by atoms with Gasteiger partial charge in [0.25, 0.3) is 0 Å². The summed E-state index contributed by atoms with van der Waals surface area (Å²) in [5.74, 6) is 3.51. The van der Waals surface area contributed by atoms with Crippen LogP contribution in [0.1, 0.15) is 84.5 Å². The van der Waals surface area contributed by atoms with Crippen molar-refractivity contribution in [2.45, 2.75) is 97.1 Å². The summed E-state index contributed by atoms with van der Waals surface area (Å²) in [5.41, 5.74) is 0.171. The predicted octanol–water partition coefficient (Wildman–Crippen LogP) is 5.25. The number of rotatable bonds is 3. The third kappa shape index (κ3) is 4.47. The number of nitrogens with zero attached hydrogens (tertiary/aromatic N) is 2. The van der Waals surface area contributed by atoms with Gasteiger partial charge in [-0.2, -0.15) is 0 Å². The number of aliphatic hydroxyl groups is 1. The van der Waals surface area contributed by atoms with Gasteiger partial charge in [-0.05, 0) is 74.0 Å². The number of fused-ring (bicyclic) bond motifs is 3. The maximum absolute atomic E-state index is 13.3. The summed E-state index contributed by atoms with van der Waals surface area (Å²) in [4.78, 5) is 17.4. The Kier molecular flexibility index (Phi) is 6.48. The lowest BCUT2D eigenvalue weighted by atomic mass is 9.48. The highest BCUT2D eigenvalue weighted by Gasteiger charge is 2.53. The van der Waals surface area contributed by atoms with Crippen molar-refractivity contribution in [2.75, 3.05) is 0 Å². The normalized spacial score (nSPS) is 41.2. The molecule has 3 saturated carbocycles. The molecule has 0 aliphatic heterocycles. The van der Waals surface area contributed by atoms with Crippen molar-refractivity contribution in [1.29, 1.82) is 0 Å². The van der Waals surface area contributed by atoms with E-state index in [0.29, 0.717) is 24.2 Å². The fourth-order valence-corrected chi connectivity index (χ4v) is 7.35. The number of hydrogen-bond acceptors (Lipinski definition) is 3. The fourth-order valence-electron chi connectivity index (χ4n) is 7.35. The molecule has 1 heterocycles. The van der Waals surface area contributed by atoms with E-state index < -0.39 is 0 Å². The average Bonchev–Trinajstić information content (AvgIpc) is 3.19. The molecule has 162 valence electrons. The molecule has 4 heteroatoms. The second-order valence-electron chi connectivity index (χ2n) is 10.8. The van der Waals surface area contributed by atoms with Crippen LogP contribution in [0, 0.1) is 35.0 Å². The van der Waals surface area contributed by atoms with Crippen molar-refractivity contribution < 1.29 is 9.90 Å². The molecule has 3 fully saturated rings. The van der Waals surface area contributed by atoms with Gasteiger partial charge >= 0.3 is 0 Å². The molecule has 1 N–H and O–H groups in total. The predicted molar refractivity (Wildman–Crippen MR) is 115 cm³/mol. The van der Waals surface area contributed by atoms with Crippen molar-refractivity contribution in [3.63, 3.8) is 0 Å². The standard InChI is InChI=1S/C25H40N2O2/c1-18-9-10-21-19(5-3-6-20(28)15-18)11-12-25(2)22(21)7-4-8-23(25)24(29)16-27-14-13-26-17-27/h13-14,17-23,28H,3-12,15-16H2,1-2H3/t18-,19-,20+,21+,22-,23+,25-/m0/s1. The zero-order valence-electron chi connectivity index (χ0n) is 18.4. The van der Waals surface area contributed by atoms with E-state index in [1.165, 1.54) is 51.4 Å². The zero-order chi connectivity index (χ0) is 20.4. The Morgan fingerprint density at radius 2 is 1.97 bits per heavy atom. The first-order chi connectivity index (χ1) is 14.0. The molecule has 0 saturated heterocycles. The van der Waals surface area contributed by atoms with Gasteiger partial charge in [0, 0.05) is 18.3 Å². The largest absolute Gasteiger partial charge is 0.393 e. The molecule has 4 rings (SSSR count). The lowest BCUT2D eigenvalue weighted by Crippen LogP contribution is -2.51. The van der Waals surface area contributed by atoms with E-state index in [0.717, 1.165) is 31.1 Å². The Morgan fingerprint density at radius 3 is 2.76 bits per heavy atom. The summed E-state index contributed by atoms with van der Waals surface area (Å²) in [6.07, 6.45) is 18.3. The van der Waals surface area contributed by atoms with Crippen LogP contribution < -0.4 is 0 Å². The minimum atomic E-state index is -0.102. The Balaban J connectivity index is 1.52. The number of aliphatic hydroxyl groups excluding tert-OH is 1. The van der Waals surface area contributed by atoms with E-state index in [1.807, 2.05) is 10.8 Å². The Labute approximate surface area is 176 Å². The highest BCUT2D eigenvalue weighted by Crippen LogP contribution is 2.59. The molecule has 0 bridgehead atoms. The van der Waals surface area contributed by atoms with Crippen LogP contribution in [0.15, 0.2) is 18.7 Å². The van der Waals surface area contributed by atoms with Gasteiger partial charge in [0.1, 0.15) is 0 Å². The van der Waals surface area contributed by atoms with Gasteiger partial charge in [0.2, 0.25) is 0 Å². The van der Waals surface area contributed by atoms with Crippen LogP contribution in [0.2, 0.25) is 0 Å². The first-order valence-electron chi connectivity index (χ1n) is 12.1. The minimum Gasteiger partial charge on any atom is -0.393 e. The lowest BCUT2D eigenvalue weighted by molar-refractivity contribution is -0.138. The van der Waals surface area contributed by atoms with E-state index in [2.05, 4.69) is 18.8 Å². The van der Waals surface area contributed by atoms with Crippen LogP contribution in [-0.2, 0) is 11.3 Å². The second kappa shape index (κ2) is 8.91. The summed E-state index contributed by atoms with van der Waals surface area (Å²) < 4.78 is 1.94. The van der Waals surface area contributed by atoms with E-state index in [9.17, 15) is 9.90 Å². The quantitative estimate of drug-likeness (QED) is 0.754. The molecule has 0 spiro atoms. The van der Waals surface area contributed by atoms with Gasteiger partial charge in [-0.1, -0.05) is 39.5 Å². The number of ketones is 1. The van der Waals surface area contributed by atoms with Gasteiger partial charge in [0.15, 0.2) is 5.78 Å². The maximum atomic E-state index is 13.3. The molecular formula is C25H40N2O2. The van der Waals surface area contributed by atoms with Crippen LogP contribution in [0.3, 0.4) is 0 Å². The van der Waals surface area contributed by atoms with E-state index in [1.54, 1.807) is 12.5 Å². The van der Waals surface area contributed by atoms with Gasteiger partial charge in [0.05, 0.1) is 19.0 Å². The third-order valence-electron chi connectivity index (χ3n) is 8.89. The summed E-state index contributed by atoms with van der Waals surface area (Å²) in [6.45, 7) is 5.26. The van der Waals surface area contributed by atoms with Crippen molar-refractivity contribution in [1.82, 2.24) is 9.55 Å². The molecule has 3 aliphatic carbocycles. The number of carbonyl (C=O) groups excluding carboxylic acids is 1. The highest BCUT2D eigenvalue weighted by atomic mass is 16.3. The second-order valence-corrected chi connectivity index (χ2v) is 10.8. The Hall–Kier alpha value is -1.16.